The van der Waals surface area contributed by atoms with Gasteiger partial charge in [-0.15, -0.1) is 5.10 Å². The molecule has 0 spiro atoms. The molecule has 0 aliphatic heterocycles. The summed E-state index contributed by atoms with van der Waals surface area (Å²) in [6.45, 7) is 3.56. The van der Waals surface area contributed by atoms with Crippen molar-refractivity contribution in [2.45, 2.75) is 20.0 Å². The molecule has 0 saturated heterocycles. The van der Waals surface area contributed by atoms with Crippen molar-refractivity contribution in [3.63, 3.8) is 0 Å². The van der Waals surface area contributed by atoms with Gasteiger partial charge in [-0.05, 0) is 32.0 Å². The first kappa shape index (κ1) is 15.5. The van der Waals surface area contributed by atoms with E-state index < -0.39 is 5.97 Å². The lowest BCUT2D eigenvalue weighted by molar-refractivity contribution is -0.141. The lowest BCUT2D eigenvalue weighted by Gasteiger charge is -2.03. The molecule has 21 heavy (non-hydrogen) atoms. The van der Waals surface area contributed by atoms with Crippen LogP contribution < -0.4 is 0 Å². The highest BCUT2D eigenvalue weighted by atomic mass is 35.5. The van der Waals surface area contributed by atoms with Gasteiger partial charge in [-0.3, -0.25) is 0 Å². The molecule has 0 aliphatic carbocycles. The predicted octanol–water partition coefficient (Wildman–Crippen LogP) is 3.67. The summed E-state index contributed by atoms with van der Waals surface area (Å²) in [6, 6.07) is 5.05. The molecule has 1 heterocycles. The third-order valence-corrected chi connectivity index (χ3v) is 2.78. The highest BCUT2D eigenvalue weighted by molar-refractivity contribution is 6.35. The maximum absolute atomic E-state index is 11.4. The van der Waals surface area contributed by atoms with Gasteiger partial charge in [0.05, 0.1) is 6.10 Å². The maximum atomic E-state index is 11.4. The van der Waals surface area contributed by atoms with Crippen molar-refractivity contribution in [1.82, 2.24) is 14.8 Å². The van der Waals surface area contributed by atoms with Crippen LogP contribution in [0.15, 0.2) is 30.6 Å². The number of hydrogen-bond acceptors (Lipinski definition) is 4. The Kier molecular flexibility index (Phi) is 4.98. The van der Waals surface area contributed by atoms with Gasteiger partial charge < -0.3 is 4.74 Å². The summed E-state index contributed by atoms with van der Waals surface area (Å²) in [5, 5.41) is 5.22. The van der Waals surface area contributed by atoms with Crippen LogP contribution in [-0.4, -0.2) is 26.8 Å². The maximum Gasteiger partial charge on any atom is 0.332 e. The second-order valence-corrected chi connectivity index (χ2v) is 5.38. The highest BCUT2D eigenvalue weighted by Gasteiger charge is 2.06. The Hall–Kier alpha value is -1.85. The van der Waals surface area contributed by atoms with Crippen molar-refractivity contribution >= 4 is 35.4 Å². The van der Waals surface area contributed by atoms with Gasteiger partial charge in [0, 0.05) is 27.9 Å². The quantitative estimate of drug-likeness (QED) is 0.635. The number of ether oxygens (including phenoxy) is 1. The third kappa shape index (κ3) is 4.58. The number of aromatic nitrogens is 3. The van der Waals surface area contributed by atoms with E-state index in [9.17, 15) is 4.79 Å². The molecule has 110 valence electrons. The number of benzene rings is 1. The average Bonchev–Trinajstić information content (AvgIpc) is 2.83. The van der Waals surface area contributed by atoms with E-state index in [1.807, 2.05) is 0 Å². The fourth-order valence-electron chi connectivity index (χ4n) is 1.57. The number of carbonyl (C=O) groups excluding carboxylic acids is 1. The van der Waals surface area contributed by atoms with Gasteiger partial charge >= 0.3 is 5.97 Å². The molecule has 7 heteroatoms. The lowest BCUT2D eigenvalue weighted by atomic mass is 10.2. The van der Waals surface area contributed by atoms with Gasteiger partial charge in [-0.2, -0.15) is 0 Å². The smallest absolute Gasteiger partial charge is 0.332 e. The number of rotatable bonds is 4. The zero-order valence-corrected chi connectivity index (χ0v) is 13.0. The molecule has 2 aromatic rings. The second-order valence-electron chi connectivity index (χ2n) is 4.51. The first-order valence-electron chi connectivity index (χ1n) is 6.20. The van der Waals surface area contributed by atoms with Crippen LogP contribution in [-0.2, 0) is 9.53 Å². The van der Waals surface area contributed by atoms with E-state index in [0.29, 0.717) is 21.4 Å². The molecule has 1 aromatic heterocycles. The minimum absolute atomic E-state index is 0.165. The first-order valence-corrected chi connectivity index (χ1v) is 6.96. The van der Waals surface area contributed by atoms with Crippen LogP contribution in [0.4, 0.5) is 0 Å². The second kappa shape index (κ2) is 6.74. The van der Waals surface area contributed by atoms with Crippen molar-refractivity contribution in [2.75, 3.05) is 0 Å². The molecule has 0 radical (unpaired) electrons. The van der Waals surface area contributed by atoms with Crippen LogP contribution in [0.5, 0.6) is 0 Å². The molecule has 0 unspecified atom stereocenters. The molecule has 0 saturated carbocycles. The normalized spacial score (nSPS) is 11.3. The lowest BCUT2D eigenvalue weighted by Crippen LogP contribution is -2.08. The Morgan fingerprint density at radius 2 is 1.95 bits per heavy atom. The highest BCUT2D eigenvalue weighted by Crippen LogP contribution is 2.24. The summed E-state index contributed by atoms with van der Waals surface area (Å²) in [5.41, 5.74) is 0.699. The molecule has 0 bridgehead atoms. The number of carbonyl (C=O) groups is 1. The number of nitrogens with zero attached hydrogens (tertiary/aromatic N) is 3. The van der Waals surface area contributed by atoms with Crippen LogP contribution in [0.25, 0.3) is 17.6 Å². The average molecular weight is 326 g/mol. The summed E-state index contributed by atoms with van der Waals surface area (Å²) in [5.74, 6) is 0.0223. The summed E-state index contributed by atoms with van der Waals surface area (Å²) < 4.78 is 6.38. The van der Waals surface area contributed by atoms with Gasteiger partial charge in [0.2, 0.25) is 0 Å². The van der Waals surface area contributed by atoms with Crippen LogP contribution >= 0.6 is 23.2 Å². The molecular weight excluding hydrogens is 313 g/mol. The fourth-order valence-corrected chi connectivity index (χ4v) is 2.10. The van der Waals surface area contributed by atoms with Gasteiger partial charge in [0.1, 0.15) is 6.33 Å². The Morgan fingerprint density at radius 3 is 2.57 bits per heavy atom. The number of esters is 1. The van der Waals surface area contributed by atoms with E-state index in [4.69, 9.17) is 27.9 Å². The van der Waals surface area contributed by atoms with Crippen molar-refractivity contribution < 1.29 is 9.53 Å². The molecule has 0 fully saturated rings. The number of hydrogen-bond donors (Lipinski definition) is 0. The summed E-state index contributed by atoms with van der Waals surface area (Å²) in [4.78, 5) is 15.5. The van der Waals surface area contributed by atoms with E-state index in [0.717, 1.165) is 0 Å². The van der Waals surface area contributed by atoms with Crippen molar-refractivity contribution in [2.24, 2.45) is 0 Å². The zero-order chi connectivity index (χ0) is 15.4. The van der Waals surface area contributed by atoms with E-state index in [1.165, 1.54) is 23.3 Å². The Balaban J connectivity index is 2.14. The summed E-state index contributed by atoms with van der Waals surface area (Å²) in [6.07, 6.45) is 4.06. The van der Waals surface area contributed by atoms with E-state index in [2.05, 4.69) is 10.1 Å². The zero-order valence-electron chi connectivity index (χ0n) is 11.5. The summed E-state index contributed by atoms with van der Waals surface area (Å²) in [7, 11) is 0. The molecular formula is C14H13Cl2N3O2. The molecule has 0 aliphatic rings. The van der Waals surface area contributed by atoms with Crippen molar-refractivity contribution in [1.29, 1.82) is 0 Å². The van der Waals surface area contributed by atoms with E-state index >= 15 is 0 Å². The SMILES string of the molecule is CC(C)OC(=O)C=Cn1cnc(-c2cc(Cl)cc(Cl)c2)n1. The van der Waals surface area contributed by atoms with E-state index in [1.54, 1.807) is 32.0 Å². The minimum Gasteiger partial charge on any atom is -0.460 e. The standard InChI is InChI=1S/C14H13Cl2N3O2/c1-9(2)21-13(20)3-4-19-8-17-14(18-19)10-5-11(15)7-12(16)6-10/h3-9H,1-2H3. The first-order chi connectivity index (χ1) is 9.94. The monoisotopic (exact) mass is 325 g/mol. The molecule has 5 nitrogen and oxygen atoms in total. The molecule has 0 N–H and O–H groups in total. The topological polar surface area (TPSA) is 57.0 Å². The van der Waals surface area contributed by atoms with Crippen LogP contribution in [0.3, 0.4) is 0 Å². The Labute approximate surface area is 132 Å². The van der Waals surface area contributed by atoms with E-state index in [-0.39, 0.29) is 6.10 Å². The van der Waals surface area contributed by atoms with Gasteiger partial charge in [-0.1, -0.05) is 23.2 Å². The van der Waals surface area contributed by atoms with Crippen molar-refractivity contribution in [3.05, 3.63) is 40.6 Å². The fraction of sp³-hybridized carbons (Fsp3) is 0.214. The summed E-state index contributed by atoms with van der Waals surface area (Å²) >= 11 is 11.9. The third-order valence-electron chi connectivity index (χ3n) is 2.34. The predicted molar refractivity (Wildman–Crippen MR) is 82.0 cm³/mol. The molecule has 0 amide bonds. The van der Waals surface area contributed by atoms with Crippen LogP contribution in [0.2, 0.25) is 10.0 Å². The number of halogens is 2. The van der Waals surface area contributed by atoms with Gasteiger partial charge in [0.25, 0.3) is 0 Å². The molecule has 0 atom stereocenters. The van der Waals surface area contributed by atoms with Gasteiger partial charge in [0.15, 0.2) is 5.82 Å². The molecule has 1 aromatic carbocycles. The minimum atomic E-state index is -0.437. The van der Waals surface area contributed by atoms with Crippen LogP contribution in [0, 0.1) is 0 Å². The Bertz CT molecular complexity index is 660. The largest absolute Gasteiger partial charge is 0.460 e. The van der Waals surface area contributed by atoms with Crippen LogP contribution in [0.1, 0.15) is 13.8 Å². The Morgan fingerprint density at radius 1 is 1.29 bits per heavy atom. The molecule has 2 rings (SSSR count). The van der Waals surface area contributed by atoms with Crippen molar-refractivity contribution in [3.8, 4) is 11.4 Å². The van der Waals surface area contributed by atoms with Gasteiger partial charge in [-0.25, -0.2) is 14.5 Å².